The lowest BCUT2D eigenvalue weighted by molar-refractivity contribution is -0.113. The molecule has 0 spiro atoms. The quantitative estimate of drug-likeness (QED) is 0.599. The summed E-state index contributed by atoms with van der Waals surface area (Å²) in [4.78, 5) is 17.1. The molecule has 3 nitrogen and oxygen atoms in total. The van der Waals surface area contributed by atoms with Gasteiger partial charge in [-0.2, -0.15) is 0 Å². The molecule has 0 saturated carbocycles. The lowest BCUT2D eigenvalue weighted by Gasteiger charge is -2.16. The molecular formula is C19H18N2OS2. The van der Waals surface area contributed by atoms with Crippen molar-refractivity contribution >= 4 is 51.7 Å². The van der Waals surface area contributed by atoms with Crippen LogP contribution >= 0.6 is 24.0 Å². The largest absolute Gasteiger partial charge is 0.378 e. The topological polar surface area (TPSA) is 23.6 Å². The predicted octanol–water partition coefficient (Wildman–Crippen LogP) is 4.47. The Morgan fingerprint density at radius 3 is 2.38 bits per heavy atom. The summed E-state index contributed by atoms with van der Waals surface area (Å²) < 4.78 is 0.575. The number of hydrogen-bond donors (Lipinski definition) is 0. The molecule has 1 aliphatic heterocycles. The van der Waals surface area contributed by atoms with Gasteiger partial charge in [-0.1, -0.05) is 54.3 Å². The van der Waals surface area contributed by atoms with E-state index in [0.717, 1.165) is 22.5 Å². The number of anilines is 2. The normalized spacial score (nSPS) is 16.1. The molecule has 0 radical (unpaired) electrons. The number of amides is 1. The fourth-order valence-electron chi connectivity index (χ4n) is 2.51. The molecule has 1 fully saturated rings. The third kappa shape index (κ3) is 3.23. The van der Waals surface area contributed by atoms with Crippen LogP contribution in [0, 0.1) is 6.92 Å². The maximum atomic E-state index is 12.8. The van der Waals surface area contributed by atoms with Crippen molar-refractivity contribution in [1.82, 2.24) is 0 Å². The standard InChI is InChI=1S/C19H18N2OS2/c1-13-6-4-5-7-16(13)21-18(22)17(24-19(21)23)12-14-8-10-15(11-9-14)20(2)3/h4-12H,1-3H3/b17-12+. The van der Waals surface area contributed by atoms with Gasteiger partial charge in [-0.25, -0.2) is 0 Å². The number of thioether (sulfide) groups is 1. The van der Waals surface area contributed by atoms with Gasteiger partial charge in [0.05, 0.1) is 10.6 Å². The monoisotopic (exact) mass is 354 g/mol. The molecule has 2 aromatic rings. The Morgan fingerprint density at radius 1 is 1.08 bits per heavy atom. The van der Waals surface area contributed by atoms with Crippen LogP contribution in [0.4, 0.5) is 11.4 Å². The molecule has 2 aromatic carbocycles. The Labute approximate surface area is 152 Å². The van der Waals surface area contributed by atoms with Crippen LogP contribution in [0.3, 0.4) is 0 Å². The van der Waals surface area contributed by atoms with Crippen LogP contribution in [0.1, 0.15) is 11.1 Å². The van der Waals surface area contributed by atoms with Gasteiger partial charge in [0.1, 0.15) is 0 Å². The summed E-state index contributed by atoms with van der Waals surface area (Å²) in [5.41, 5.74) is 4.00. The Kier molecular flexibility index (Phi) is 4.73. The van der Waals surface area contributed by atoms with Crippen molar-refractivity contribution in [3.05, 3.63) is 64.6 Å². The number of carbonyl (C=O) groups excluding carboxylic acids is 1. The molecule has 1 aliphatic rings. The second-order valence-corrected chi connectivity index (χ2v) is 7.47. The molecule has 24 heavy (non-hydrogen) atoms. The van der Waals surface area contributed by atoms with Crippen LogP contribution < -0.4 is 9.80 Å². The van der Waals surface area contributed by atoms with Crippen molar-refractivity contribution in [1.29, 1.82) is 0 Å². The molecule has 1 saturated heterocycles. The zero-order valence-electron chi connectivity index (χ0n) is 13.8. The zero-order valence-corrected chi connectivity index (χ0v) is 15.4. The van der Waals surface area contributed by atoms with E-state index in [1.54, 1.807) is 4.90 Å². The highest BCUT2D eigenvalue weighted by molar-refractivity contribution is 8.27. The Morgan fingerprint density at radius 2 is 1.75 bits per heavy atom. The SMILES string of the molecule is Cc1ccccc1N1C(=O)/C(=C\c2ccc(N(C)C)cc2)SC1=S. The second kappa shape index (κ2) is 6.79. The Hall–Kier alpha value is -2.11. The molecule has 0 N–H and O–H groups in total. The van der Waals surface area contributed by atoms with E-state index in [1.165, 1.54) is 11.8 Å². The summed E-state index contributed by atoms with van der Waals surface area (Å²) >= 11 is 6.78. The van der Waals surface area contributed by atoms with Crippen molar-refractivity contribution < 1.29 is 4.79 Å². The van der Waals surface area contributed by atoms with E-state index in [0.29, 0.717) is 9.23 Å². The van der Waals surface area contributed by atoms with Gasteiger partial charge >= 0.3 is 0 Å². The molecular weight excluding hydrogens is 336 g/mol. The van der Waals surface area contributed by atoms with Crippen LogP contribution in [0.5, 0.6) is 0 Å². The second-order valence-electron chi connectivity index (χ2n) is 5.79. The van der Waals surface area contributed by atoms with Crippen molar-refractivity contribution in [2.45, 2.75) is 6.92 Å². The van der Waals surface area contributed by atoms with Gasteiger partial charge in [-0.05, 0) is 42.3 Å². The van der Waals surface area contributed by atoms with Crippen LogP contribution in [0.25, 0.3) is 6.08 Å². The zero-order chi connectivity index (χ0) is 17.3. The Balaban J connectivity index is 1.90. The van der Waals surface area contributed by atoms with Gasteiger partial charge in [0.2, 0.25) is 0 Å². The van der Waals surface area contributed by atoms with Gasteiger partial charge in [-0.15, -0.1) is 0 Å². The number of carbonyl (C=O) groups is 1. The van der Waals surface area contributed by atoms with E-state index in [2.05, 4.69) is 0 Å². The molecule has 122 valence electrons. The van der Waals surface area contributed by atoms with Crippen molar-refractivity contribution in [3.8, 4) is 0 Å². The lowest BCUT2D eigenvalue weighted by Crippen LogP contribution is -2.28. The van der Waals surface area contributed by atoms with E-state index >= 15 is 0 Å². The van der Waals surface area contributed by atoms with E-state index in [9.17, 15) is 4.79 Å². The third-order valence-electron chi connectivity index (χ3n) is 3.86. The molecule has 1 amide bonds. The smallest absolute Gasteiger partial charge is 0.270 e. The first kappa shape index (κ1) is 16.7. The molecule has 0 aliphatic carbocycles. The minimum atomic E-state index is -0.0593. The average molecular weight is 355 g/mol. The molecule has 3 rings (SSSR count). The fourth-order valence-corrected chi connectivity index (χ4v) is 3.79. The Bertz CT molecular complexity index is 826. The van der Waals surface area contributed by atoms with Crippen molar-refractivity contribution in [3.63, 3.8) is 0 Å². The summed E-state index contributed by atoms with van der Waals surface area (Å²) in [7, 11) is 4.00. The number of nitrogens with zero attached hydrogens (tertiary/aromatic N) is 2. The third-order valence-corrected chi connectivity index (χ3v) is 5.16. The van der Waals surface area contributed by atoms with Gasteiger partial charge < -0.3 is 4.90 Å². The van der Waals surface area contributed by atoms with Gasteiger partial charge in [0.25, 0.3) is 5.91 Å². The van der Waals surface area contributed by atoms with Crippen LogP contribution in [0.15, 0.2) is 53.4 Å². The molecule has 5 heteroatoms. The van der Waals surface area contributed by atoms with Gasteiger partial charge in [-0.3, -0.25) is 9.69 Å². The first-order chi connectivity index (χ1) is 11.5. The average Bonchev–Trinajstić information content (AvgIpc) is 2.83. The molecule has 1 heterocycles. The highest BCUT2D eigenvalue weighted by Gasteiger charge is 2.33. The van der Waals surface area contributed by atoms with E-state index in [-0.39, 0.29) is 5.91 Å². The number of thiocarbonyl (C=S) groups is 1. The number of benzene rings is 2. The minimum Gasteiger partial charge on any atom is -0.378 e. The summed E-state index contributed by atoms with van der Waals surface area (Å²) in [6.07, 6.45) is 1.90. The maximum Gasteiger partial charge on any atom is 0.270 e. The summed E-state index contributed by atoms with van der Waals surface area (Å²) in [6.45, 7) is 1.98. The van der Waals surface area contributed by atoms with Crippen molar-refractivity contribution in [2.75, 3.05) is 23.9 Å². The maximum absolute atomic E-state index is 12.8. The van der Waals surface area contributed by atoms with Crippen LogP contribution in [0.2, 0.25) is 0 Å². The highest BCUT2D eigenvalue weighted by Crippen LogP contribution is 2.37. The first-order valence-corrected chi connectivity index (χ1v) is 8.81. The van der Waals surface area contributed by atoms with E-state index < -0.39 is 0 Å². The minimum absolute atomic E-state index is 0.0593. The molecule has 0 aromatic heterocycles. The number of para-hydroxylation sites is 1. The number of aryl methyl sites for hydroxylation is 1. The van der Waals surface area contributed by atoms with E-state index in [1.807, 2.05) is 80.5 Å². The van der Waals surface area contributed by atoms with Gasteiger partial charge in [0, 0.05) is 19.8 Å². The molecule has 0 unspecified atom stereocenters. The first-order valence-electron chi connectivity index (χ1n) is 7.58. The number of hydrogen-bond acceptors (Lipinski definition) is 4. The highest BCUT2D eigenvalue weighted by atomic mass is 32.2. The van der Waals surface area contributed by atoms with E-state index in [4.69, 9.17) is 12.2 Å². The van der Waals surface area contributed by atoms with Crippen molar-refractivity contribution in [2.24, 2.45) is 0 Å². The van der Waals surface area contributed by atoms with Crippen LogP contribution in [-0.4, -0.2) is 24.3 Å². The summed E-state index contributed by atoms with van der Waals surface area (Å²) in [5.74, 6) is -0.0593. The lowest BCUT2D eigenvalue weighted by atomic mass is 10.1. The molecule has 0 atom stereocenters. The van der Waals surface area contributed by atoms with Crippen LogP contribution in [-0.2, 0) is 4.79 Å². The molecule has 0 bridgehead atoms. The number of rotatable bonds is 3. The predicted molar refractivity (Wildman–Crippen MR) is 108 cm³/mol. The van der Waals surface area contributed by atoms with Gasteiger partial charge in [0.15, 0.2) is 4.32 Å². The fraction of sp³-hybridized carbons (Fsp3) is 0.158. The summed E-state index contributed by atoms with van der Waals surface area (Å²) in [6, 6.07) is 15.9. The summed E-state index contributed by atoms with van der Waals surface area (Å²) in [5, 5.41) is 0.